The van der Waals surface area contributed by atoms with Gasteiger partial charge in [0.05, 0.1) is 9.52 Å². The molecule has 0 atom stereocenters. The zero-order valence-electron chi connectivity index (χ0n) is 13.7. The van der Waals surface area contributed by atoms with E-state index in [9.17, 15) is 8.78 Å². The molecule has 3 aromatic rings. The number of aromatic nitrogens is 3. The van der Waals surface area contributed by atoms with Crippen molar-refractivity contribution in [3.8, 4) is 0 Å². The lowest BCUT2D eigenvalue weighted by atomic mass is 10.0. The van der Waals surface area contributed by atoms with Crippen LogP contribution in [0.2, 0.25) is 0 Å². The van der Waals surface area contributed by atoms with Gasteiger partial charge in [-0.1, -0.05) is 24.3 Å². The summed E-state index contributed by atoms with van der Waals surface area (Å²) in [6.07, 6.45) is 0.825. The number of benzene rings is 2. The van der Waals surface area contributed by atoms with Gasteiger partial charge in [0.25, 0.3) is 0 Å². The molecule has 2 aromatic carbocycles. The van der Waals surface area contributed by atoms with Crippen molar-refractivity contribution in [3.05, 3.63) is 82.9 Å². The fraction of sp³-hybridized carbons (Fsp3) is 0.222. The van der Waals surface area contributed by atoms with Crippen molar-refractivity contribution in [3.63, 3.8) is 0 Å². The van der Waals surface area contributed by atoms with Gasteiger partial charge in [0.1, 0.15) is 23.3 Å². The molecule has 0 radical (unpaired) electrons. The Balaban J connectivity index is 1.88. The molecule has 24 heavy (non-hydrogen) atoms. The third-order valence-electron chi connectivity index (χ3n) is 4.14. The first-order valence-corrected chi connectivity index (χ1v) is 9.73. The maximum atomic E-state index is 13.3. The van der Waals surface area contributed by atoms with Crippen LogP contribution in [0.5, 0.6) is 0 Å². The molecule has 0 bridgehead atoms. The molecule has 0 saturated heterocycles. The molecule has 0 aliphatic rings. The first-order chi connectivity index (χ1) is 11.5. The van der Waals surface area contributed by atoms with Crippen LogP contribution in [-0.4, -0.2) is 24.3 Å². The largest absolute Gasteiger partial charge is 0.254 e. The fourth-order valence-corrected chi connectivity index (χ4v) is 5.08. The molecular weight excluding hydrogens is 324 g/mol. The number of rotatable bonds is 5. The van der Waals surface area contributed by atoms with E-state index in [0.717, 1.165) is 28.9 Å². The molecule has 6 heteroatoms. The maximum Gasteiger partial charge on any atom is 0.147 e. The maximum absolute atomic E-state index is 13.3. The number of hydrogen-bond acceptors (Lipinski definition) is 2. The molecule has 1 aromatic heterocycles. The summed E-state index contributed by atoms with van der Waals surface area (Å²) in [6, 6.07) is 13.2. The van der Waals surface area contributed by atoms with Gasteiger partial charge in [-0.3, -0.25) is 4.68 Å². The Morgan fingerprint density at radius 2 is 1.42 bits per heavy atom. The summed E-state index contributed by atoms with van der Waals surface area (Å²) in [7, 11) is -0.687. The zero-order valence-corrected chi connectivity index (χ0v) is 15.1. The SMILES string of the molecule is Cc1nc(C)n(C[SiH2]C(c2ccc(F)cc2)c2ccc(F)cc2)n1. The molecule has 1 heterocycles. The van der Waals surface area contributed by atoms with E-state index in [4.69, 9.17) is 0 Å². The predicted octanol–water partition coefficient (Wildman–Crippen LogP) is 3.09. The number of aryl methyl sites for hydroxylation is 2. The summed E-state index contributed by atoms with van der Waals surface area (Å²) in [5.41, 5.74) is 2.29. The van der Waals surface area contributed by atoms with Gasteiger partial charge in [0, 0.05) is 6.17 Å². The number of nitrogens with zero attached hydrogens (tertiary/aromatic N) is 3. The second-order valence-corrected chi connectivity index (χ2v) is 7.71. The van der Waals surface area contributed by atoms with Crippen LogP contribution in [0.1, 0.15) is 28.3 Å². The van der Waals surface area contributed by atoms with Crippen LogP contribution in [-0.2, 0) is 6.17 Å². The van der Waals surface area contributed by atoms with Gasteiger partial charge in [0.2, 0.25) is 0 Å². The minimum atomic E-state index is -0.687. The van der Waals surface area contributed by atoms with Crippen LogP contribution in [0.25, 0.3) is 0 Å². The van der Waals surface area contributed by atoms with E-state index in [2.05, 4.69) is 10.1 Å². The minimum Gasteiger partial charge on any atom is -0.254 e. The molecule has 0 amide bonds. The summed E-state index contributed by atoms with van der Waals surface area (Å²) >= 11 is 0. The second-order valence-electron chi connectivity index (χ2n) is 5.87. The lowest BCUT2D eigenvalue weighted by molar-refractivity contribution is 0.626. The van der Waals surface area contributed by atoms with Crippen LogP contribution < -0.4 is 0 Å². The van der Waals surface area contributed by atoms with Crippen LogP contribution in [0, 0.1) is 25.5 Å². The van der Waals surface area contributed by atoms with E-state index in [-0.39, 0.29) is 17.2 Å². The van der Waals surface area contributed by atoms with Crippen molar-refractivity contribution in [1.29, 1.82) is 0 Å². The first-order valence-electron chi connectivity index (χ1n) is 7.92. The highest BCUT2D eigenvalue weighted by molar-refractivity contribution is 6.37. The monoisotopic (exact) mass is 343 g/mol. The van der Waals surface area contributed by atoms with Crippen LogP contribution >= 0.6 is 0 Å². The van der Waals surface area contributed by atoms with Gasteiger partial charge in [-0.25, -0.2) is 13.8 Å². The Kier molecular flexibility index (Phi) is 4.85. The van der Waals surface area contributed by atoms with E-state index >= 15 is 0 Å². The van der Waals surface area contributed by atoms with E-state index in [1.54, 1.807) is 0 Å². The topological polar surface area (TPSA) is 30.7 Å². The molecule has 0 saturated carbocycles. The lowest BCUT2D eigenvalue weighted by Gasteiger charge is -2.18. The summed E-state index contributed by atoms with van der Waals surface area (Å²) < 4.78 is 28.4. The van der Waals surface area contributed by atoms with Gasteiger partial charge in [-0.2, -0.15) is 5.10 Å². The van der Waals surface area contributed by atoms with Gasteiger partial charge in [-0.05, 0) is 54.8 Å². The normalized spacial score (nSPS) is 11.7. The Labute approximate surface area is 142 Å². The second kappa shape index (κ2) is 7.05. The van der Waals surface area contributed by atoms with Crippen molar-refractivity contribution in [2.24, 2.45) is 0 Å². The average molecular weight is 343 g/mol. The Hall–Kier alpha value is -2.34. The minimum absolute atomic E-state index is 0.176. The van der Waals surface area contributed by atoms with E-state index < -0.39 is 9.52 Å². The van der Waals surface area contributed by atoms with Gasteiger partial charge in [-0.15, -0.1) is 0 Å². The van der Waals surface area contributed by atoms with E-state index in [1.807, 2.05) is 42.8 Å². The predicted molar refractivity (Wildman–Crippen MR) is 92.7 cm³/mol. The summed E-state index contributed by atoms with van der Waals surface area (Å²) in [5, 5.41) is 4.42. The van der Waals surface area contributed by atoms with Gasteiger partial charge >= 0.3 is 0 Å². The average Bonchev–Trinajstić information content (AvgIpc) is 2.88. The molecule has 0 aliphatic carbocycles. The molecule has 3 nitrogen and oxygen atoms in total. The van der Waals surface area contributed by atoms with Crippen molar-refractivity contribution < 1.29 is 8.78 Å². The fourth-order valence-electron chi connectivity index (χ4n) is 2.94. The standard InChI is InChI=1S/C18H19F2N3Si/c1-12-21-13(2)23(22-12)11-24-18(14-3-7-16(19)8-4-14)15-5-9-17(20)10-6-15/h3-10,18H,11,24H2,1-2H3. The smallest absolute Gasteiger partial charge is 0.147 e. The number of hydrogen-bond donors (Lipinski definition) is 0. The van der Waals surface area contributed by atoms with Crippen LogP contribution in [0.3, 0.4) is 0 Å². The van der Waals surface area contributed by atoms with Crippen molar-refractivity contribution in [2.45, 2.75) is 25.6 Å². The Morgan fingerprint density at radius 1 is 0.917 bits per heavy atom. The third-order valence-corrected chi connectivity index (χ3v) is 6.34. The molecular formula is C18H19F2N3Si. The van der Waals surface area contributed by atoms with Crippen LogP contribution in [0.4, 0.5) is 8.78 Å². The van der Waals surface area contributed by atoms with Crippen LogP contribution in [0.15, 0.2) is 48.5 Å². The molecule has 0 unspecified atom stereocenters. The zero-order chi connectivity index (χ0) is 17.1. The highest BCUT2D eigenvalue weighted by atomic mass is 28.2. The quantitative estimate of drug-likeness (QED) is 0.667. The summed E-state index contributed by atoms with van der Waals surface area (Å²) in [5.74, 6) is 1.17. The third kappa shape index (κ3) is 3.76. The summed E-state index contributed by atoms with van der Waals surface area (Å²) in [4.78, 5) is 4.33. The Morgan fingerprint density at radius 3 is 1.83 bits per heavy atom. The molecule has 0 spiro atoms. The molecule has 0 fully saturated rings. The highest BCUT2D eigenvalue weighted by Crippen LogP contribution is 2.24. The molecule has 3 rings (SSSR count). The molecule has 0 aliphatic heterocycles. The molecule has 0 N–H and O–H groups in total. The first kappa shape index (κ1) is 16.5. The van der Waals surface area contributed by atoms with Gasteiger partial charge < -0.3 is 0 Å². The highest BCUT2D eigenvalue weighted by Gasteiger charge is 2.16. The Bertz CT molecular complexity index is 768. The van der Waals surface area contributed by atoms with Gasteiger partial charge in [0.15, 0.2) is 0 Å². The van der Waals surface area contributed by atoms with Crippen molar-refractivity contribution in [2.75, 3.05) is 0 Å². The van der Waals surface area contributed by atoms with Crippen molar-refractivity contribution >= 4 is 9.52 Å². The number of halogens is 2. The van der Waals surface area contributed by atoms with E-state index in [0.29, 0.717) is 0 Å². The molecule has 124 valence electrons. The lowest BCUT2D eigenvalue weighted by Crippen LogP contribution is -2.18. The van der Waals surface area contributed by atoms with Crippen molar-refractivity contribution in [1.82, 2.24) is 14.8 Å². The van der Waals surface area contributed by atoms with E-state index in [1.165, 1.54) is 24.3 Å². The summed E-state index contributed by atoms with van der Waals surface area (Å²) in [6.45, 7) is 3.82.